The van der Waals surface area contributed by atoms with Crippen molar-refractivity contribution in [3.05, 3.63) is 42.0 Å². The van der Waals surface area contributed by atoms with Crippen LogP contribution in [0.15, 0.2) is 30.6 Å². The normalized spacial score (nSPS) is 10.6. The Hall–Kier alpha value is -1.88. The Labute approximate surface area is 107 Å². The fourth-order valence-electron chi connectivity index (χ4n) is 1.83. The molecule has 0 aliphatic carbocycles. The van der Waals surface area contributed by atoms with Crippen LogP contribution in [0.4, 0.5) is 0 Å². The van der Waals surface area contributed by atoms with Crippen LogP contribution in [0, 0.1) is 0 Å². The molecule has 0 amide bonds. The summed E-state index contributed by atoms with van der Waals surface area (Å²) >= 11 is 0. The molecule has 2 N–H and O–H groups in total. The Bertz CT molecular complexity index is 478. The third-order valence-electron chi connectivity index (χ3n) is 2.86. The van der Waals surface area contributed by atoms with Crippen LogP contribution in [-0.4, -0.2) is 28.4 Å². The first-order chi connectivity index (χ1) is 8.83. The van der Waals surface area contributed by atoms with Crippen LogP contribution in [0.5, 0.6) is 5.75 Å². The van der Waals surface area contributed by atoms with Gasteiger partial charge in [-0.15, -0.1) is 10.2 Å². The molecule has 5 heteroatoms. The Morgan fingerprint density at radius 2 is 2.00 bits per heavy atom. The second kappa shape index (κ2) is 6.16. The average Bonchev–Trinajstić information content (AvgIpc) is 2.85. The van der Waals surface area contributed by atoms with E-state index in [9.17, 15) is 0 Å². The van der Waals surface area contributed by atoms with Gasteiger partial charge in [0.25, 0.3) is 0 Å². The zero-order valence-electron chi connectivity index (χ0n) is 10.5. The number of hydrogen-bond donors (Lipinski definition) is 1. The van der Waals surface area contributed by atoms with E-state index in [1.54, 1.807) is 13.4 Å². The topological polar surface area (TPSA) is 66.0 Å². The lowest BCUT2D eigenvalue weighted by Gasteiger charge is -2.06. The highest BCUT2D eigenvalue weighted by Crippen LogP contribution is 2.12. The van der Waals surface area contributed by atoms with Gasteiger partial charge in [-0.05, 0) is 30.7 Å². The number of aryl methyl sites for hydroxylation is 2. The van der Waals surface area contributed by atoms with Gasteiger partial charge in [0, 0.05) is 13.0 Å². The molecule has 1 aromatic heterocycles. The van der Waals surface area contributed by atoms with Crippen molar-refractivity contribution in [3.8, 4) is 5.75 Å². The first kappa shape index (κ1) is 12.6. The molecular formula is C13H18N4O. The van der Waals surface area contributed by atoms with Crippen LogP contribution in [0.1, 0.15) is 11.4 Å². The van der Waals surface area contributed by atoms with Crippen LogP contribution < -0.4 is 10.5 Å². The van der Waals surface area contributed by atoms with Crippen LogP contribution in [0.25, 0.3) is 0 Å². The lowest BCUT2D eigenvalue weighted by Crippen LogP contribution is -2.11. The van der Waals surface area contributed by atoms with Crippen molar-refractivity contribution in [2.75, 3.05) is 13.7 Å². The van der Waals surface area contributed by atoms with Gasteiger partial charge in [0.05, 0.1) is 7.11 Å². The lowest BCUT2D eigenvalue weighted by molar-refractivity contribution is 0.414. The van der Waals surface area contributed by atoms with Crippen LogP contribution in [0.2, 0.25) is 0 Å². The molecule has 0 spiro atoms. The van der Waals surface area contributed by atoms with E-state index in [1.807, 2.05) is 12.1 Å². The van der Waals surface area contributed by atoms with Crippen molar-refractivity contribution >= 4 is 0 Å². The summed E-state index contributed by atoms with van der Waals surface area (Å²) in [5, 5.41) is 7.98. The number of methoxy groups -OCH3 is 1. The van der Waals surface area contributed by atoms with Crippen molar-refractivity contribution in [1.29, 1.82) is 0 Å². The highest BCUT2D eigenvalue weighted by Gasteiger charge is 2.03. The molecule has 0 saturated heterocycles. The molecule has 0 bridgehead atoms. The number of benzene rings is 1. The summed E-state index contributed by atoms with van der Waals surface area (Å²) in [7, 11) is 1.67. The molecule has 96 valence electrons. The molecule has 0 fully saturated rings. The molecule has 2 rings (SSSR count). The van der Waals surface area contributed by atoms with Crippen molar-refractivity contribution in [2.24, 2.45) is 5.73 Å². The van der Waals surface area contributed by atoms with E-state index in [1.165, 1.54) is 5.56 Å². The highest BCUT2D eigenvalue weighted by atomic mass is 16.5. The number of ether oxygens (including phenoxy) is 1. The standard InChI is InChI=1S/C13H18N4O/c1-18-12-4-2-11(3-5-12)7-9-17-10-15-16-13(17)6-8-14/h2-5,10H,6-9,14H2,1H3. The van der Waals surface area contributed by atoms with Gasteiger partial charge >= 0.3 is 0 Å². The smallest absolute Gasteiger partial charge is 0.134 e. The predicted octanol–water partition coefficient (Wildman–Crippen LogP) is 1.03. The van der Waals surface area contributed by atoms with Crippen LogP contribution >= 0.6 is 0 Å². The van der Waals surface area contributed by atoms with Crippen molar-refractivity contribution in [2.45, 2.75) is 19.4 Å². The number of nitrogens with two attached hydrogens (primary N) is 1. The predicted molar refractivity (Wildman–Crippen MR) is 69.5 cm³/mol. The molecule has 0 radical (unpaired) electrons. The molecule has 1 heterocycles. The minimum absolute atomic E-state index is 0.598. The third-order valence-corrected chi connectivity index (χ3v) is 2.86. The number of hydrogen-bond acceptors (Lipinski definition) is 4. The Balaban J connectivity index is 1.95. The van der Waals surface area contributed by atoms with Gasteiger partial charge in [0.1, 0.15) is 17.9 Å². The van der Waals surface area contributed by atoms with Gasteiger partial charge in [0.2, 0.25) is 0 Å². The van der Waals surface area contributed by atoms with E-state index in [0.717, 1.165) is 31.0 Å². The largest absolute Gasteiger partial charge is 0.497 e. The van der Waals surface area contributed by atoms with Gasteiger partial charge in [-0.2, -0.15) is 0 Å². The summed E-state index contributed by atoms with van der Waals surface area (Å²) < 4.78 is 7.18. The molecule has 2 aromatic rings. The van der Waals surface area contributed by atoms with E-state index in [2.05, 4.69) is 26.9 Å². The molecular weight excluding hydrogens is 228 g/mol. The summed E-state index contributed by atoms with van der Waals surface area (Å²) in [5.74, 6) is 1.83. The maximum absolute atomic E-state index is 5.53. The SMILES string of the molecule is COc1ccc(CCn2cnnc2CCN)cc1. The second-order valence-electron chi connectivity index (χ2n) is 4.08. The highest BCUT2D eigenvalue weighted by molar-refractivity contribution is 5.27. The van der Waals surface area contributed by atoms with E-state index in [-0.39, 0.29) is 0 Å². The zero-order valence-corrected chi connectivity index (χ0v) is 10.5. The van der Waals surface area contributed by atoms with Gasteiger partial charge in [-0.25, -0.2) is 0 Å². The molecule has 5 nitrogen and oxygen atoms in total. The van der Waals surface area contributed by atoms with E-state index in [4.69, 9.17) is 10.5 Å². The Morgan fingerprint density at radius 3 is 2.67 bits per heavy atom. The summed E-state index contributed by atoms with van der Waals surface area (Å²) in [5.41, 5.74) is 6.80. The molecule has 18 heavy (non-hydrogen) atoms. The first-order valence-corrected chi connectivity index (χ1v) is 6.03. The maximum atomic E-state index is 5.53. The fraction of sp³-hybridized carbons (Fsp3) is 0.385. The number of aromatic nitrogens is 3. The second-order valence-corrected chi connectivity index (χ2v) is 4.08. The minimum atomic E-state index is 0.598. The van der Waals surface area contributed by atoms with Crippen molar-refractivity contribution in [3.63, 3.8) is 0 Å². The molecule has 0 unspecified atom stereocenters. The van der Waals surface area contributed by atoms with Crippen LogP contribution in [-0.2, 0) is 19.4 Å². The van der Waals surface area contributed by atoms with E-state index >= 15 is 0 Å². The van der Waals surface area contributed by atoms with Gasteiger partial charge < -0.3 is 15.0 Å². The van der Waals surface area contributed by atoms with Gasteiger partial charge in [0.15, 0.2) is 0 Å². The van der Waals surface area contributed by atoms with E-state index < -0.39 is 0 Å². The molecule has 0 saturated carbocycles. The zero-order chi connectivity index (χ0) is 12.8. The summed E-state index contributed by atoms with van der Waals surface area (Å²) in [4.78, 5) is 0. The molecule has 0 aliphatic rings. The van der Waals surface area contributed by atoms with Gasteiger partial charge in [-0.1, -0.05) is 12.1 Å². The Morgan fingerprint density at radius 1 is 1.22 bits per heavy atom. The van der Waals surface area contributed by atoms with Crippen molar-refractivity contribution < 1.29 is 4.74 Å². The molecule has 1 aromatic carbocycles. The Kier molecular flexibility index (Phi) is 4.30. The number of nitrogens with zero attached hydrogens (tertiary/aromatic N) is 3. The maximum Gasteiger partial charge on any atom is 0.134 e. The lowest BCUT2D eigenvalue weighted by atomic mass is 10.1. The van der Waals surface area contributed by atoms with Crippen molar-refractivity contribution in [1.82, 2.24) is 14.8 Å². The minimum Gasteiger partial charge on any atom is -0.497 e. The molecule has 0 atom stereocenters. The van der Waals surface area contributed by atoms with Crippen LogP contribution in [0.3, 0.4) is 0 Å². The quantitative estimate of drug-likeness (QED) is 0.826. The third kappa shape index (κ3) is 3.07. The molecule has 0 aliphatic heterocycles. The monoisotopic (exact) mass is 246 g/mol. The first-order valence-electron chi connectivity index (χ1n) is 6.03. The van der Waals surface area contributed by atoms with E-state index in [0.29, 0.717) is 6.54 Å². The summed E-state index contributed by atoms with van der Waals surface area (Å²) in [6.07, 6.45) is 3.47. The summed E-state index contributed by atoms with van der Waals surface area (Å²) in [6, 6.07) is 8.10. The number of rotatable bonds is 6. The fourth-order valence-corrected chi connectivity index (χ4v) is 1.83. The average molecular weight is 246 g/mol. The summed E-state index contributed by atoms with van der Waals surface area (Å²) in [6.45, 7) is 1.47. The van der Waals surface area contributed by atoms with Gasteiger partial charge in [-0.3, -0.25) is 0 Å².